The maximum Gasteiger partial charge on any atom is 0.0554 e. The summed E-state index contributed by atoms with van der Waals surface area (Å²) in [5, 5.41) is 3.62. The van der Waals surface area contributed by atoms with Crippen molar-refractivity contribution in [3.8, 4) is 0 Å². The van der Waals surface area contributed by atoms with Crippen molar-refractivity contribution in [1.82, 2.24) is 5.32 Å². The van der Waals surface area contributed by atoms with Crippen LogP contribution in [0.1, 0.15) is 35.2 Å². The van der Waals surface area contributed by atoms with Crippen molar-refractivity contribution in [3.63, 3.8) is 0 Å². The van der Waals surface area contributed by atoms with Crippen LogP contribution in [-0.2, 0) is 4.74 Å². The van der Waals surface area contributed by atoms with E-state index in [1.807, 2.05) is 11.3 Å². The van der Waals surface area contributed by atoms with Crippen LogP contribution in [0.4, 0.5) is 0 Å². The molecule has 1 aromatic rings. The summed E-state index contributed by atoms with van der Waals surface area (Å²) in [5.74, 6) is 0. The molecule has 1 atom stereocenters. The van der Waals surface area contributed by atoms with E-state index in [-0.39, 0.29) is 0 Å². The highest BCUT2D eigenvalue weighted by molar-refractivity contribution is 7.12. The summed E-state index contributed by atoms with van der Waals surface area (Å²) in [7, 11) is 0. The van der Waals surface area contributed by atoms with Crippen molar-refractivity contribution in [2.75, 3.05) is 19.8 Å². The van der Waals surface area contributed by atoms with Gasteiger partial charge in [-0.2, -0.15) is 0 Å². The van der Waals surface area contributed by atoms with Gasteiger partial charge < -0.3 is 10.1 Å². The molecule has 90 valence electrons. The molecule has 2 nitrogen and oxygen atoms in total. The highest BCUT2D eigenvalue weighted by atomic mass is 32.1. The van der Waals surface area contributed by atoms with Gasteiger partial charge in [-0.05, 0) is 32.4 Å². The molecule has 0 spiro atoms. The van der Waals surface area contributed by atoms with Crippen LogP contribution in [0.2, 0.25) is 0 Å². The summed E-state index contributed by atoms with van der Waals surface area (Å²) in [5.41, 5.74) is 1.80. The Morgan fingerprint density at radius 1 is 1.50 bits per heavy atom. The summed E-state index contributed by atoms with van der Waals surface area (Å²) < 4.78 is 5.27. The molecule has 0 saturated carbocycles. The highest BCUT2D eigenvalue weighted by Crippen LogP contribution is 2.29. The van der Waals surface area contributed by atoms with Gasteiger partial charge in [-0.3, -0.25) is 0 Å². The molecule has 1 aliphatic rings. The average molecular weight is 239 g/mol. The number of rotatable bonds is 4. The summed E-state index contributed by atoms with van der Waals surface area (Å²) in [4.78, 5) is 2.84. The molecular weight excluding hydrogens is 218 g/mol. The third-order valence-corrected chi connectivity index (χ3v) is 4.26. The normalized spacial score (nSPS) is 20.5. The number of hydrogen-bond donors (Lipinski definition) is 1. The topological polar surface area (TPSA) is 21.3 Å². The second kappa shape index (κ2) is 4.47. The molecule has 1 N–H and O–H groups in total. The van der Waals surface area contributed by atoms with Gasteiger partial charge in [0.15, 0.2) is 0 Å². The Kier molecular flexibility index (Phi) is 3.38. The van der Waals surface area contributed by atoms with Gasteiger partial charge in [0.1, 0.15) is 0 Å². The van der Waals surface area contributed by atoms with Crippen molar-refractivity contribution >= 4 is 11.3 Å². The Morgan fingerprint density at radius 2 is 2.19 bits per heavy atom. The Balaban J connectivity index is 1.92. The maximum absolute atomic E-state index is 5.27. The second-order valence-electron chi connectivity index (χ2n) is 5.27. The lowest BCUT2D eigenvalue weighted by Gasteiger charge is -2.39. The lowest BCUT2D eigenvalue weighted by atomic mass is 9.88. The number of thiophene rings is 1. The monoisotopic (exact) mass is 239 g/mol. The Hall–Kier alpha value is -0.380. The van der Waals surface area contributed by atoms with E-state index in [4.69, 9.17) is 4.74 Å². The van der Waals surface area contributed by atoms with Crippen LogP contribution in [0.3, 0.4) is 0 Å². The minimum Gasteiger partial charge on any atom is -0.380 e. The first-order valence-electron chi connectivity index (χ1n) is 5.88. The molecule has 0 radical (unpaired) electrons. The highest BCUT2D eigenvalue weighted by Gasteiger charge is 2.33. The number of nitrogens with one attached hydrogen (secondary N) is 1. The molecular formula is C13H21NOS. The van der Waals surface area contributed by atoms with Gasteiger partial charge in [0.25, 0.3) is 0 Å². The first-order valence-corrected chi connectivity index (χ1v) is 6.70. The van der Waals surface area contributed by atoms with Crippen LogP contribution in [0.5, 0.6) is 0 Å². The van der Waals surface area contributed by atoms with Gasteiger partial charge in [0.05, 0.1) is 13.2 Å². The van der Waals surface area contributed by atoms with Gasteiger partial charge in [-0.15, -0.1) is 11.3 Å². The third-order valence-electron chi connectivity index (χ3n) is 3.28. The summed E-state index contributed by atoms with van der Waals surface area (Å²) in [6, 6.07) is 2.75. The summed E-state index contributed by atoms with van der Waals surface area (Å²) in [6.45, 7) is 11.7. The van der Waals surface area contributed by atoms with Crippen molar-refractivity contribution in [2.24, 2.45) is 5.41 Å². The first kappa shape index (κ1) is 12.1. The zero-order valence-electron chi connectivity index (χ0n) is 10.6. The van der Waals surface area contributed by atoms with E-state index in [2.05, 4.69) is 39.1 Å². The van der Waals surface area contributed by atoms with E-state index in [0.717, 1.165) is 19.8 Å². The van der Waals surface area contributed by atoms with E-state index < -0.39 is 0 Å². The van der Waals surface area contributed by atoms with Crippen LogP contribution in [0, 0.1) is 19.3 Å². The molecule has 0 amide bonds. The molecule has 16 heavy (non-hydrogen) atoms. The molecule has 1 aliphatic heterocycles. The van der Waals surface area contributed by atoms with E-state index in [0.29, 0.717) is 11.5 Å². The SMILES string of the molecule is Cc1cc(C(C)NCC2(C)COC2)c(C)s1. The Labute approximate surface area is 102 Å². The van der Waals surface area contributed by atoms with E-state index >= 15 is 0 Å². The van der Waals surface area contributed by atoms with Crippen LogP contribution >= 0.6 is 11.3 Å². The molecule has 3 heteroatoms. The second-order valence-corrected chi connectivity index (χ2v) is 6.74. The smallest absolute Gasteiger partial charge is 0.0554 e. The molecule has 0 aliphatic carbocycles. The van der Waals surface area contributed by atoms with Gasteiger partial charge in [-0.1, -0.05) is 6.92 Å². The predicted molar refractivity (Wildman–Crippen MR) is 69.1 cm³/mol. The summed E-state index contributed by atoms with van der Waals surface area (Å²) in [6.07, 6.45) is 0. The lowest BCUT2D eigenvalue weighted by Crippen LogP contribution is -2.47. The van der Waals surface area contributed by atoms with Crippen molar-refractivity contribution in [1.29, 1.82) is 0 Å². The molecule has 1 aromatic heterocycles. The van der Waals surface area contributed by atoms with Crippen LogP contribution in [0.15, 0.2) is 6.07 Å². The molecule has 1 fully saturated rings. The zero-order valence-corrected chi connectivity index (χ0v) is 11.4. The minimum atomic E-state index is 0.354. The summed E-state index contributed by atoms with van der Waals surface area (Å²) >= 11 is 1.89. The fourth-order valence-electron chi connectivity index (χ4n) is 2.14. The fraction of sp³-hybridized carbons (Fsp3) is 0.692. The van der Waals surface area contributed by atoms with Crippen LogP contribution < -0.4 is 5.32 Å². The van der Waals surface area contributed by atoms with Crippen molar-refractivity contribution in [2.45, 2.75) is 33.7 Å². The van der Waals surface area contributed by atoms with Gasteiger partial charge in [0, 0.05) is 27.8 Å². The number of ether oxygens (including phenoxy) is 1. The molecule has 1 unspecified atom stereocenters. The Morgan fingerprint density at radius 3 is 2.62 bits per heavy atom. The average Bonchev–Trinajstić information content (AvgIpc) is 2.51. The lowest BCUT2D eigenvalue weighted by molar-refractivity contribution is -0.0999. The quantitative estimate of drug-likeness (QED) is 0.872. The third kappa shape index (κ3) is 2.47. The minimum absolute atomic E-state index is 0.354. The van der Waals surface area contributed by atoms with E-state index in [1.165, 1.54) is 15.3 Å². The van der Waals surface area contributed by atoms with Crippen LogP contribution in [-0.4, -0.2) is 19.8 Å². The number of hydrogen-bond acceptors (Lipinski definition) is 3. The Bertz CT molecular complexity index is 368. The standard InChI is InChI=1S/C13H21NOS/c1-9-5-12(11(3)16-9)10(2)14-6-13(4)7-15-8-13/h5,10,14H,6-8H2,1-4H3. The zero-order chi connectivity index (χ0) is 11.8. The van der Waals surface area contributed by atoms with E-state index in [9.17, 15) is 0 Å². The van der Waals surface area contributed by atoms with Crippen LogP contribution in [0.25, 0.3) is 0 Å². The fourth-order valence-corrected chi connectivity index (χ4v) is 3.16. The molecule has 2 rings (SSSR count). The van der Waals surface area contributed by atoms with Crippen molar-refractivity contribution < 1.29 is 4.74 Å². The molecule has 0 aromatic carbocycles. The first-order chi connectivity index (χ1) is 7.50. The predicted octanol–water partition coefficient (Wildman–Crippen LogP) is 3.05. The van der Waals surface area contributed by atoms with Gasteiger partial charge >= 0.3 is 0 Å². The maximum atomic E-state index is 5.27. The van der Waals surface area contributed by atoms with Gasteiger partial charge in [0.2, 0.25) is 0 Å². The van der Waals surface area contributed by atoms with Crippen molar-refractivity contribution in [3.05, 3.63) is 21.4 Å². The van der Waals surface area contributed by atoms with Gasteiger partial charge in [-0.25, -0.2) is 0 Å². The van der Waals surface area contributed by atoms with E-state index in [1.54, 1.807) is 0 Å². The molecule has 2 heterocycles. The largest absolute Gasteiger partial charge is 0.380 e. The molecule has 0 bridgehead atoms. The number of aryl methyl sites for hydroxylation is 2. The molecule has 1 saturated heterocycles.